The fourth-order valence-corrected chi connectivity index (χ4v) is 5.81. The van der Waals surface area contributed by atoms with Crippen LogP contribution >= 0.6 is 0 Å². The van der Waals surface area contributed by atoms with Crippen molar-refractivity contribution in [1.29, 1.82) is 0 Å². The normalized spacial score (nSPS) is 10.8. The Hall–Kier alpha value is -6.27. The Morgan fingerprint density at radius 3 is 0.667 bits per heavy atom. The molecule has 0 N–H and O–H groups in total. The quantitative estimate of drug-likeness (QED) is 0.157. The number of nitrogens with zero attached hydrogens (tertiary/aromatic N) is 3. The molecule has 0 heterocycles. The lowest BCUT2D eigenvalue weighted by Gasteiger charge is -2.33. The van der Waals surface area contributed by atoms with Gasteiger partial charge in [0.05, 0.1) is 17.1 Å². The zero-order valence-corrected chi connectivity index (χ0v) is 25.8. The fraction of sp³-hybridized carbons (Fsp3) is 0. The minimum absolute atomic E-state index is 0.334. The van der Waals surface area contributed by atoms with E-state index in [0.29, 0.717) is 0 Å². The predicted molar refractivity (Wildman–Crippen MR) is 190 cm³/mol. The van der Waals surface area contributed by atoms with Crippen molar-refractivity contribution in [2.24, 2.45) is 0 Å². The molecule has 0 atom stereocenters. The van der Waals surface area contributed by atoms with Crippen LogP contribution in [0.4, 0.5) is 64.4 Å². The van der Waals surface area contributed by atoms with Crippen LogP contribution in [-0.2, 0) is 0 Å². The molecule has 0 radical (unpaired) electrons. The first-order valence-corrected chi connectivity index (χ1v) is 15.5. The number of hydrogen-bond acceptors (Lipinski definition) is 3. The van der Waals surface area contributed by atoms with Gasteiger partial charge in [-0.15, -0.1) is 0 Å². The highest BCUT2D eigenvalue weighted by Crippen LogP contribution is 2.45. The molecule has 0 aliphatic carbocycles. The summed E-state index contributed by atoms with van der Waals surface area (Å²) in [6.07, 6.45) is 0. The molecule has 0 amide bonds. The van der Waals surface area contributed by atoms with E-state index in [1.54, 1.807) is 36.4 Å². The van der Waals surface area contributed by atoms with E-state index in [1.807, 2.05) is 91.0 Å². The monoisotopic (exact) mass is 633 g/mol. The molecule has 0 fully saturated rings. The van der Waals surface area contributed by atoms with Crippen LogP contribution in [-0.4, -0.2) is 0 Å². The first kappa shape index (κ1) is 30.4. The van der Waals surface area contributed by atoms with Crippen LogP contribution in [0.25, 0.3) is 0 Å². The first-order valence-electron chi connectivity index (χ1n) is 15.5. The van der Waals surface area contributed by atoms with Crippen LogP contribution in [0.15, 0.2) is 182 Å². The van der Waals surface area contributed by atoms with Crippen molar-refractivity contribution in [3.05, 3.63) is 199 Å². The highest BCUT2D eigenvalue weighted by molar-refractivity contribution is 5.89. The van der Waals surface area contributed by atoms with Crippen LogP contribution in [0.3, 0.4) is 0 Å². The van der Waals surface area contributed by atoms with E-state index in [2.05, 4.69) is 32.9 Å². The highest BCUT2D eigenvalue weighted by atomic mass is 19.1. The average molecular weight is 634 g/mol. The second-order valence-electron chi connectivity index (χ2n) is 11.1. The Kier molecular flexibility index (Phi) is 8.62. The molecule has 48 heavy (non-hydrogen) atoms. The molecule has 7 rings (SSSR count). The molecule has 7 aromatic rings. The van der Waals surface area contributed by atoms with Gasteiger partial charge >= 0.3 is 0 Å². The van der Waals surface area contributed by atoms with Crippen molar-refractivity contribution in [2.45, 2.75) is 0 Å². The van der Waals surface area contributed by atoms with Gasteiger partial charge in [0.1, 0.15) is 17.5 Å². The maximum Gasteiger partial charge on any atom is 0.123 e. The molecule has 234 valence electrons. The topological polar surface area (TPSA) is 9.72 Å². The number of benzene rings is 7. The van der Waals surface area contributed by atoms with E-state index in [1.165, 1.54) is 36.4 Å². The van der Waals surface area contributed by atoms with E-state index in [9.17, 15) is 13.2 Å². The summed E-state index contributed by atoms with van der Waals surface area (Å²) < 4.78 is 42.7. The number of anilines is 9. The van der Waals surface area contributed by atoms with Crippen LogP contribution in [0.2, 0.25) is 0 Å². The summed E-state index contributed by atoms with van der Waals surface area (Å²) in [5.74, 6) is -1.00. The van der Waals surface area contributed by atoms with Gasteiger partial charge in [0.15, 0.2) is 0 Å². The van der Waals surface area contributed by atoms with Crippen LogP contribution in [0.1, 0.15) is 0 Å². The van der Waals surface area contributed by atoms with E-state index in [0.717, 1.165) is 51.2 Å². The SMILES string of the molecule is Fc1ccc(N(c2ccccc2)c2cc(N(c3ccccc3)c3ccc(F)cc3)cc(N(c3ccccc3)c3ccc(F)cc3)c2)cc1. The molecule has 7 aromatic carbocycles. The van der Waals surface area contributed by atoms with Crippen molar-refractivity contribution in [3.8, 4) is 0 Å². The molecule has 0 aromatic heterocycles. The van der Waals surface area contributed by atoms with Gasteiger partial charge in [-0.05, 0) is 127 Å². The van der Waals surface area contributed by atoms with Gasteiger partial charge in [-0.25, -0.2) is 13.2 Å². The average Bonchev–Trinajstić information content (AvgIpc) is 3.13. The molecule has 6 heteroatoms. The lowest BCUT2D eigenvalue weighted by atomic mass is 10.1. The molecule has 0 bridgehead atoms. The maximum atomic E-state index is 14.2. The lowest BCUT2D eigenvalue weighted by molar-refractivity contribution is 0.627. The Morgan fingerprint density at radius 1 is 0.229 bits per heavy atom. The van der Waals surface area contributed by atoms with Gasteiger partial charge in [-0.2, -0.15) is 0 Å². The van der Waals surface area contributed by atoms with E-state index in [-0.39, 0.29) is 17.5 Å². The molecule has 0 spiro atoms. The summed E-state index contributed by atoms with van der Waals surface area (Å²) in [7, 11) is 0. The van der Waals surface area contributed by atoms with E-state index < -0.39 is 0 Å². The van der Waals surface area contributed by atoms with Crippen molar-refractivity contribution in [3.63, 3.8) is 0 Å². The molecule has 3 nitrogen and oxygen atoms in total. The molecule has 0 unspecified atom stereocenters. The van der Waals surface area contributed by atoms with Crippen LogP contribution in [0, 0.1) is 17.5 Å². The molecular formula is C42H30F3N3. The summed E-state index contributed by atoms with van der Waals surface area (Å²) >= 11 is 0. The molecule has 0 saturated heterocycles. The maximum absolute atomic E-state index is 14.2. The third-order valence-electron chi connectivity index (χ3n) is 7.96. The Morgan fingerprint density at radius 2 is 0.438 bits per heavy atom. The summed E-state index contributed by atoms with van der Waals surface area (Å²) in [4.78, 5) is 6.19. The van der Waals surface area contributed by atoms with Gasteiger partial charge in [0.2, 0.25) is 0 Å². The number of halogens is 3. The van der Waals surface area contributed by atoms with Gasteiger partial charge < -0.3 is 14.7 Å². The predicted octanol–water partition coefficient (Wildman–Crippen LogP) is 12.5. The van der Waals surface area contributed by atoms with Crippen molar-refractivity contribution < 1.29 is 13.2 Å². The summed E-state index contributed by atoms with van der Waals surface area (Å²) in [5.41, 5.74) is 7.23. The fourth-order valence-electron chi connectivity index (χ4n) is 5.81. The summed E-state index contributed by atoms with van der Waals surface area (Å²) in [6.45, 7) is 0. The van der Waals surface area contributed by atoms with Gasteiger partial charge in [-0.1, -0.05) is 54.6 Å². The third-order valence-corrected chi connectivity index (χ3v) is 7.96. The van der Waals surface area contributed by atoms with Crippen molar-refractivity contribution in [1.82, 2.24) is 0 Å². The Balaban J connectivity index is 1.53. The van der Waals surface area contributed by atoms with Crippen molar-refractivity contribution in [2.75, 3.05) is 14.7 Å². The summed E-state index contributed by atoms with van der Waals surface area (Å²) in [5, 5.41) is 0. The second kappa shape index (κ2) is 13.6. The Labute approximate surface area is 278 Å². The minimum Gasteiger partial charge on any atom is -0.310 e. The standard InChI is InChI=1S/C42H30F3N3/c43-31-16-22-37(23-17-31)46(34-10-4-1-5-11-34)40-28-41(47(35-12-6-2-7-13-35)38-24-18-32(44)19-25-38)30-42(29-40)48(36-14-8-3-9-15-36)39-26-20-33(45)21-27-39/h1-30H. The smallest absolute Gasteiger partial charge is 0.123 e. The van der Waals surface area contributed by atoms with Crippen molar-refractivity contribution >= 4 is 51.2 Å². The summed E-state index contributed by atoms with van der Waals surface area (Å²) in [6, 6.07) is 54.9. The largest absolute Gasteiger partial charge is 0.310 e. The van der Waals surface area contributed by atoms with E-state index >= 15 is 0 Å². The molecule has 0 aliphatic rings. The Bertz CT molecular complexity index is 1830. The van der Waals surface area contributed by atoms with Crippen LogP contribution in [0.5, 0.6) is 0 Å². The van der Waals surface area contributed by atoms with Gasteiger partial charge in [0, 0.05) is 34.1 Å². The van der Waals surface area contributed by atoms with Gasteiger partial charge in [0.25, 0.3) is 0 Å². The second-order valence-corrected chi connectivity index (χ2v) is 11.1. The molecule has 0 saturated carbocycles. The minimum atomic E-state index is -0.334. The first-order chi connectivity index (χ1) is 23.5. The molecule has 0 aliphatic heterocycles. The lowest BCUT2D eigenvalue weighted by Crippen LogP contribution is -2.16. The number of hydrogen-bond donors (Lipinski definition) is 0. The van der Waals surface area contributed by atoms with E-state index in [4.69, 9.17) is 0 Å². The highest BCUT2D eigenvalue weighted by Gasteiger charge is 2.22. The zero-order valence-electron chi connectivity index (χ0n) is 25.8. The van der Waals surface area contributed by atoms with Gasteiger partial charge in [-0.3, -0.25) is 0 Å². The third kappa shape index (κ3) is 6.50. The number of rotatable bonds is 9. The molecular weight excluding hydrogens is 603 g/mol. The zero-order chi connectivity index (χ0) is 32.9. The number of para-hydroxylation sites is 3. The van der Waals surface area contributed by atoms with Crippen LogP contribution < -0.4 is 14.7 Å².